The second-order valence-electron chi connectivity index (χ2n) is 1.66. The molecule has 8 heavy (non-hydrogen) atoms. The van der Waals surface area contributed by atoms with Crippen molar-refractivity contribution in [2.75, 3.05) is 20.6 Å². The maximum atomic E-state index is 4.76. The average Bonchev–Trinajstić information content (AvgIpc) is 1.72. The van der Waals surface area contributed by atoms with Crippen molar-refractivity contribution in [2.24, 2.45) is 0 Å². The molecule has 0 radical (unpaired) electrons. The van der Waals surface area contributed by atoms with Gasteiger partial charge in [0, 0.05) is 0 Å². The van der Waals surface area contributed by atoms with E-state index in [9.17, 15) is 0 Å². The van der Waals surface area contributed by atoms with E-state index in [-0.39, 0.29) is 0 Å². The molecular weight excluding hydrogens is 175 g/mol. The van der Waals surface area contributed by atoms with Crippen LogP contribution in [0.15, 0.2) is 0 Å². The Hall–Kier alpha value is 0.873. The third-order valence-electron chi connectivity index (χ3n) is 0.605. The summed E-state index contributed by atoms with van der Waals surface area (Å²) in [7, 11) is 8.86. The van der Waals surface area contributed by atoms with Gasteiger partial charge in [-0.15, -0.1) is 0 Å². The second kappa shape index (κ2) is 10.8. The van der Waals surface area contributed by atoms with E-state index in [1.807, 2.05) is 14.1 Å². The molecule has 0 fully saturated rings. The fraction of sp³-hybridized carbons (Fsp3) is 0.800. The monoisotopic (exact) mass is 185 g/mol. The number of halogens is 1. The Balaban J connectivity index is 0. The van der Waals surface area contributed by atoms with Crippen LogP contribution in [0.5, 0.6) is 0 Å². The molecule has 0 aromatic rings. The number of hydrogen-bond donors (Lipinski definition) is 0. The Morgan fingerprint density at radius 3 is 1.88 bits per heavy atom. The molecule has 0 aliphatic rings. The van der Waals surface area contributed by atoms with Crippen LogP contribution in [0.25, 0.3) is 0 Å². The van der Waals surface area contributed by atoms with Gasteiger partial charge in [-0.1, -0.05) is 0 Å². The molecule has 0 aliphatic heterocycles. The molecule has 46 valence electrons. The van der Waals surface area contributed by atoms with E-state index in [2.05, 4.69) is 11.8 Å². The van der Waals surface area contributed by atoms with Crippen molar-refractivity contribution in [1.82, 2.24) is 4.90 Å². The van der Waals surface area contributed by atoms with Gasteiger partial charge in [-0.2, -0.15) is 6.42 Å². The van der Waals surface area contributed by atoms with Gasteiger partial charge in [-0.05, 0) is 20.6 Å². The van der Waals surface area contributed by atoms with Crippen LogP contribution in [0.1, 0.15) is 6.42 Å². The molecule has 0 saturated heterocycles. The fourth-order valence-corrected chi connectivity index (χ4v) is 0.316. The molecule has 0 aromatic heterocycles. The molecule has 0 aliphatic carbocycles. The minimum atomic E-state index is 0.847. The minimum absolute atomic E-state index is 0.847. The van der Waals surface area contributed by atoms with E-state index in [1.54, 1.807) is 0 Å². The normalized spacial score (nSPS) is 8.38. The van der Waals surface area contributed by atoms with Crippen LogP contribution < -0.4 is 0 Å². The van der Waals surface area contributed by atoms with Gasteiger partial charge in [0.1, 0.15) is 0 Å². The predicted molar refractivity (Wildman–Crippen MR) is 34.4 cm³/mol. The molecule has 0 aromatic carbocycles. The summed E-state index contributed by atoms with van der Waals surface area (Å²) in [5.41, 5.74) is 0. The van der Waals surface area contributed by atoms with Gasteiger partial charge in [-0.25, -0.2) is 0 Å². The van der Waals surface area contributed by atoms with Crippen LogP contribution in [0.4, 0.5) is 0 Å². The van der Waals surface area contributed by atoms with Crippen molar-refractivity contribution in [2.45, 2.75) is 6.42 Å². The molecule has 0 atom stereocenters. The second-order valence-corrected chi connectivity index (χ2v) is 1.66. The van der Waals surface area contributed by atoms with Gasteiger partial charge in [0.05, 0.1) is 0 Å². The molecule has 0 saturated carbocycles. The standard InChI is InChI=1S/C5H12N.ClH.Zn/c1-4-5-6(2)3;;/h1,4-5H2,2-3H3;1H;/q-1;;+2/p-1. The summed E-state index contributed by atoms with van der Waals surface area (Å²) in [6.07, 6.45) is 1.01. The van der Waals surface area contributed by atoms with Crippen molar-refractivity contribution in [3.05, 3.63) is 6.92 Å². The topological polar surface area (TPSA) is 3.24 Å². The zero-order valence-corrected chi connectivity index (χ0v) is 9.38. The van der Waals surface area contributed by atoms with Crippen LogP contribution in [0.3, 0.4) is 0 Å². The van der Waals surface area contributed by atoms with E-state index >= 15 is 0 Å². The van der Waals surface area contributed by atoms with E-state index in [0.717, 1.165) is 30.3 Å². The Kier molecular flexibility index (Phi) is 15.7. The third-order valence-corrected chi connectivity index (χ3v) is 0.605. The molecule has 0 rings (SSSR count). The fourth-order valence-electron chi connectivity index (χ4n) is 0.316. The van der Waals surface area contributed by atoms with E-state index in [1.165, 1.54) is 0 Å². The van der Waals surface area contributed by atoms with Gasteiger partial charge in [0.25, 0.3) is 0 Å². The molecule has 0 unspecified atom stereocenters. The molecule has 3 heteroatoms. The molecule has 0 spiro atoms. The quantitative estimate of drug-likeness (QED) is 0.467. The van der Waals surface area contributed by atoms with Gasteiger partial charge >= 0.3 is 27.0 Å². The summed E-state index contributed by atoms with van der Waals surface area (Å²) in [6.45, 7) is 4.78. The summed E-state index contributed by atoms with van der Waals surface area (Å²) >= 11 is 0.847. The zero-order valence-electron chi connectivity index (χ0n) is 5.65. The Bertz CT molecular complexity index is 33.6. The van der Waals surface area contributed by atoms with Crippen molar-refractivity contribution >= 4 is 9.69 Å². The van der Waals surface area contributed by atoms with Crippen LogP contribution in [0.2, 0.25) is 0 Å². The molecule has 0 bridgehead atoms. The van der Waals surface area contributed by atoms with Gasteiger partial charge in [-0.3, -0.25) is 0 Å². The van der Waals surface area contributed by atoms with Gasteiger partial charge in [0.15, 0.2) is 0 Å². The molecule has 0 heterocycles. The first-order valence-corrected chi connectivity index (χ1v) is 6.38. The van der Waals surface area contributed by atoms with Gasteiger partial charge < -0.3 is 11.8 Å². The Labute approximate surface area is 66.1 Å². The van der Waals surface area contributed by atoms with Crippen molar-refractivity contribution < 1.29 is 17.3 Å². The third kappa shape index (κ3) is 15.8. The molecule has 0 amide bonds. The molecule has 0 N–H and O–H groups in total. The number of hydrogen-bond acceptors (Lipinski definition) is 1. The number of rotatable bonds is 2. The first-order chi connectivity index (χ1) is 3.77. The van der Waals surface area contributed by atoms with Crippen molar-refractivity contribution in [3.63, 3.8) is 0 Å². The summed E-state index contributed by atoms with van der Waals surface area (Å²) < 4.78 is 0. The van der Waals surface area contributed by atoms with E-state index in [0.29, 0.717) is 0 Å². The van der Waals surface area contributed by atoms with E-state index < -0.39 is 0 Å². The van der Waals surface area contributed by atoms with Crippen LogP contribution >= 0.6 is 9.69 Å². The van der Waals surface area contributed by atoms with Crippen LogP contribution in [-0.2, 0) is 17.3 Å². The summed E-state index contributed by atoms with van der Waals surface area (Å²) in [6, 6.07) is 0. The van der Waals surface area contributed by atoms with Crippen molar-refractivity contribution in [3.8, 4) is 0 Å². The summed E-state index contributed by atoms with van der Waals surface area (Å²) in [5, 5.41) is 0. The predicted octanol–water partition coefficient (Wildman–Crippen LogP) is 1.46. The van der Waals surface area contributed by atoms with Crippen LogP contribution in [0, 0.1) is 6.92 Å². The zero-order chi connectivity index (χ0) is 6.99. The molecule has 1 nitrogen and oxygen atoms in total. The van der Waals surface area contributed by atoms with Gasteiger partial charge in [0.2, 0.25) is 0 Å². The summed E-state index contributed by atoms with van der Waals surface area (Å²) in [5.74, 6) is 0. The number of nitrogens with zero attached hydrogens (tertiary/aromatic N) is 1. The maximum absolute atomic E-state index is 4.76. The first kappa shape index (κ1) is 11.6. The Morgan fingerprint density at radius 1 is 1.50 bits per heavy atom. The average molecular weight is 187 g/mol. The molecular formula is C5H12ClNZn. The Morgan fingerprint density at radius 2 is 1.88 bits per heavy atom. The SMILES string of the molecule is [CH2-]CCN(C)C.[Cl][Zn+]. The van der Waals surface area contributed by atoms with E-state index in [4.69, 9.17) is 9.69 Å². The summed E-state index contributed by atoms with van der Waals surface area (Å²) in [4.78, 5) is 2.12. The van der Waals surface area contributed by atoms with Crippen LogP contribution in [-0.4, -0.2) is 25.5 Å². The van der Waals surface area contributed by atoms with Crippen molar-refractivity contribution in [1.29, 1.82) is 0 Å². The first-order valence-electron chi connectivity index (χ1n) is 2.48.